The highest BCUT2D eigenvalue weighted by Gasteiger charge is 2.23. The van der Waals surface area contributed by atoms with Crippen molar-refractivity contribution in [2.45, 2.75) is 13.3 Å². The lowest BCUT2D eigenvalue weighted by Crippen LogP contribution is -2.07. The van der Waals surface area contributed by atoms with Gasteiger partial charge in [-0.1, -0.05) is 49.4 Å². The summed E-state index contributed by atoms with van der Waals surface area (Å²) < 4.78 is 0. The zero-order valence-electron chi connectivity index (χ0n) is 10.5. The molecule has 2 aromatic rings. The van der Waals surface area contributed by atoms with Crippen LogP contribution in [0.4, 0.5) is 5.69 Å². The number of para-hydroxylation sites is 1. The van der Waals surface area contributed by atoms with E-state index in [1.54, 1.807) is 42.5 Å². The molecule has 0 saturated heterocycles. The minimum absolute atomic E-state index is 0.0844. The third-order valence-corrected chi connectivity index (χ3v) is 2.96. The van der Waals surface area contributed by atoms with Gasteiger partial charge in [0, 0.05) is 11.1 Å². The number of carbonyl (C=O) groups is 1. The lowest BCUT2D eigenvalue weighted by Gasteiger charge is -2.06. The summed E-state index contributed by atoms with van der Waals surface area (Å²) in [7, 11) is 0. The van der Waals surface area contributed by atoms with Crippen LogP contribution in [0.15, 0.2) is 48.5 Å². The number of aryl methyl sites for hydroxylation is 1. The third-order valence-electron chi connectivity index (χ3n) is 2.96. The molecule has 0 aliphatic carbocycles. The van der Waals surface area contributed by atoms with E-state index in [1.807, 2.05) is 6.92 Å². The lowest BCUT2D eigenvalue weighted by atomic mass is 9.98. The van der Waals surface area contributed by atoms with Crippen molar-refractivity contribution < 1.29 is 9.72 Å². The fourth-order valence-corrected chi connectivity index (χ4v) is 2.02. The predicted molar refractivity (Wildman–Crippen MR) is 72.3 cm³/mol. The van der Waals surface area contributed by atoms with Gasteiger partial charge in [0.1, 0.15) is 5.56 Å². The quantitative estimate of drug-likeness (QED) is 0.478. The van der Waals surface area contributed by atoms with Crippen LogP contribution in [-0.4, -0.2) is 10.7 Å². The molecule has 0 bridgehead atoms. The molecule has 4 heteroatoms. The van der Waals surface area contributed by atoms with Crippen molar-refractivity contribution in [2.75, 3.05) is 0 Å². The van der Waals surface area contributed by atoms with E-state index in [1.165, 1.54) is 6.07 Å². The maximum Gasteiger partial charge on any atom is 0.283 e. The normalized spacial score (nSPS) is 10.2. The highest BCUT2D eigenvalue weighted by Crippen LogP contribution is 2.26. The van der Waals surface area contributed by atoms with E-state index < -0.39 is 4.92 Å². The van der Waals surface area contributed by atoms with Crippen LogP contribution in [0.5, 0.6) is 0 Å². The second-order valence-electron chi connectivity index (χ2n) is 4.12. The summed E-state index contributed by atoms with van der Waals surface area (Å²) in [5.74, 6) is -0.317. The first-order valence-electron chi connectivity index (χ1n) is 6.01. The number of benzene rings is 2. The number of nitro benzene ring substituents is 1. The molecule has 0 amide bonds. The molecule has 0 unspecified atom stereocenters. The van der Waals surface area contributed by atoms with Crippen LogP contribution in [0.25, 0.3) is 0 Å². The molecule has 0 N–H and O–H groups in total. The molecule has 96 valence electrons. The van der Waals surface area contributed by atoms with Crippen LogP contribution < -0.4 is 0 Å². The van der Waals surface area contributed by atoms with Gasteiger partial charge in [0.15, 0.2) is 5.78 Å². The van der Waals surface area contributed by atoms with Gasteiger partial charge in [-0.2, -0.15) is 0 Å². The molecule has 0 saturated carbocycles. The van der Waals surface area contributed by atoms with Crippen LogP contribution in [0.3, 0.4) is 0 Å². The van der Waals surface area contributed by atoms with E-state index in [-0.39, 0.29) is 17.0 Å². The number of rotatable bonds is 4. The Balaban J connectivity index is 2.57. The van der Waals surface area contributed by atoms with Crippen molar-refractivity contribution in [3.63, 3.8) is 0 Å². The fourth-order valence-electron chi connectivity index (χ4n) is 2.02. The predicted octanol–water partition coefficient (Wildman–Crippen LogP) is 3.39. The summed E-state index contributed by atoms with van der Waals surface area (Å²) in [5, 5.41) is 11.2. The number of hydrogen-bond acceptors (Lipinski definition) is 3. The van der Waals surface area contributed by atoms with Gasteiger partial charge in [0.2, 0.25) is 0 Å². The van der Waals surface area contributed by atoms with E-state index in [0.717, 1.165) is 0 Å². The second-order valence-corrected chi connectivity index (χ2v) is 4.12. The number of nitro groups is 1. The Morgan fingerprint density at radius 1 is 1.11 bits per heavy atom. The molecule has 0 fully saturated rings. The minimum atomic E-state index is -0.477. The van der Waals surface area contributed by atoms with E-state index >= 15 is 0 Å². The van der Waals surface area contributed by atoms with Crippen LogP contribution in [0.1, 0.15) is 28.4 Å². The van der Waals surface area contributed by atoms with Crippen molar-refractivity contribution >= 4 is 11.5 Å². The highest BCUT2D eigenvalue weighted by atomic mass is 16.6. The standard InChI is InChI=1S/C15H13NO3/c1-2-11-9-6-10-13(14(11)16(18)19)15(17)12-7-4-3-5-8-12/h3-10H,2H2,1H3. The van der Waals surface area contributed by atoms with E-state index in [9.17, 15) is 14.9 Å². The van der Waals surface area contributed by atoms with E-state index in [4.69, 9.17) is 0 Å². The molecule has 0 radical (unpaired) electrons. The lowest BCUT2D eigenvalue weighted by molar-refractivity contribution is -0.385. The van der Waals surface area contributed by atoms with Gasteiger partial charge >= 0.3 is 0 Å². The SMILES string of the molecule is CCc1cccc(C(=O)c2ccccc2)c1[N+](=O)[O-]. The van der Waals surface area contributed by atoms with Gasteiger partial charge in [0.05, 0.1) is 4.92 Å². The van der Waals surface area contributed by atoms with Gasteiger partial charge in [0.25, 0.3) is 5.69 Å². The van der Waals surface area contributed by atoms with Crippen LogP contribution in [-0.2, 0) is 6.42 Å². The first-order valence-corrected chi connectivity index (χ1v) is 6.01. The molecule has 19 heavy (non-hydrogen) atoms. The zero-order valence-corrected chi connectivity index (χ0v) is 10.5. The third kappa shape index (κ3) is 2.52. The Kier molecular flexibility index (Phi) is 3.71. The van der Waals surface area contributed by atoms with Crippen LogP contribution in [0, 0.1) is 10.1 Å². The molecule has 4 nitrogen and oxygen atoms in total. The van der Waals surface area contributed by atoms with Gasteiger partial charge in [-0.05, 0) is 12.5 Å². The summed E-state index contributed by atoms with van der Waals surface area (Å²) in [5.41, 5.74) is 1.10. The van der Waals surface area contributed by atoms with Crippen molar-refractivity contribution in [2.24, 2.45) is 0 Å². The van der Waals surface area contributed by atoms with E-state index in [2.05, 4.69) is 0 Å². The Labute approximate surface area is 110 Å². The smallest absolute Gasteiger partial charge is 0.283 e. The first-order chi connectivity index (χ1) is 9.15. The zero-order chi connectivity index (χ0) is 13.8. The van der Waals surface area contributed by atoms with Crippen LogP contribution >= 0.6 is 0 Å². The molecular formula is C15H13NO3. The Hall–Kier alpha value is -2.49. The van der Waals surface area contributed by atoms with Gasteiger partial charge < -0.3 is 0 Å². The molecule has 2 aromatic carbocycles. The topological polar surface area (TPSA) is 60.2 Å². The Morgan fingerprint density at radius 2 is 1.79 bits per heavy atom. The largest absolute Gasteiger partial charge is 0.288 e. The monoisotopic (exact) mass is 255 g/mol. The minimum Gasteiger partial charge on any atom is -0.288 e. The van der Waals surface area contributed by atoms with Crippen molar-refractivity contribution in [3.8, 4) is 0 Å². The van der Waals surface area contributed by atoms with Crippen molar-refractivity contribution in [1.29, 1.82) is 0 Å². The summed E-state index contributed by atoms with van der Waals surface area (Å²) in [4.78, 5) is 23.0. The van der Waals surface area contributed by atoms with E-state index in [0.29, 0.717) is 17.5 Å². The molecule has 0 heterocycles. The second kappa shape index (κ2) is 5.44. The Morgan fingerprint density at radius 3 is 2.37 bits per heavy atom. The number of nitrogens with zero attached hydrogens (tertiary/aromatic N) is 1. The fraction of sp³-hybridized carbons (Fsp3) is 0.133. The summed E-state index contributed by atoms with van der Waals surface area (Å²) in [6.07, 6.45) is 0.520. The van der Waals surface area contributed by atoms with Crippen molar-refractivity contribution in [3.05, 3.63) is 75.3 Å². The molecule has 0 spiro atoms. The van der Waals surface area contributed by atoms with Crippen LogP contribution in [0.2, 0.25) is 0 Å². The van der Waals surface area contributed by atoms with Gasteiger partial charge in [-0.3, -0.25) is 14.9 Å². The maximum atomic E-state index is 12.3. The molecule has 0 aliphatic heterocycles. The maximum absolute atomic E-state index is 12.3. The molecule has 0 aromatic heterocycles. The molecule has 0 aliphatic rings. The van der Waals surface area contributed by atoms with Gasteiger partial charge in [-0.15, -0.1) is 0 Å². The number of ketones is 1. The molecule has 0 atom stereocenters. The summed E-state index contributed by atoms with van der Waals surface area (Å²) in [6.45, 7) is 1.83. The average Bonchev–Trinajstić information content (AvgIpc) is 2.46. The molecular weight excluding hydrogens is 242 g/mol. The Bertz CT molecular complexity index is 621. The average molecular weight is 255 g/mol. The first kappa shape index (κ1) is 13.0. The van der Waals surface area contributed by atoms with Crippen molar-refractivity contribution in [1.82, 2.24) is 0 Å². The highest BCUT2D eigenvalue weighted by molar-refractivity contribution is 6.11. The molecule has 2 rings (SSSR count). The number of carbonyl (C=O) groups excluding carboxylic acids is 1. The van der Waals surface area contributed by atoms with Gasteiger partial charge in [-0.25, -0.2) is 0 Å². The number of hydrogen-bond donors (Lipinski definition) is 0. The summed E-state index contributed by atoms with van der Waals surface area (Å²) in [6, 6.07) is 13.5. The summed E-state index contributed by atoms with van der Waals surface area (Å²) >= 11 is 0.